The number of hydrogen-bond acceptors (Lipinski definition) is 7. The van der Waals surface area contributed by atoms with Gasteiger partial charge in [0, 0.05) is 27.6 Å². The number of thiophene rings is 1. The average Bonchev–Trinajstić information content (AvgIpc) is 3.21. The molecule has 0 bridgehead atoms. The minimum atomic E-state index is -4.94. The first-order chi connectivity index (χ1) is 14.1. The lowest BCUT2D eigenvalue weighted by Crippen LogP contribution is -2.68. The molecule has 30 heavy (non-hydrogen) atoms. The fourth-order valence-corrected chi connectivity index (χ4v) is 4.19. The SMILES string of the molecule is Cc1cc2cc3[nH]c(=O)oc3cc2c(-c2cc3c(F)cccc3s2)[o+]1.[O-][Cl+3]([O-])([O-])[O-]. The van der Waals surface area contributed by atoms with Crippen LogP contribution in [0, 0.1) is 23.0 Å². The van der Waals surface area contributed by atoms with Crippen molar-refractivity contribution in [3.8, 4) is 10.6 Å². The highest BCUT2D eigenvalue weighted by Gasteiger charge is 2.23. The lowest BCUT2D eigenvalue weighted by molar-refractivity contribution is -2.00. The molecule has 11 heteroatoms. The molecule has 1 N–H and O–H groups in total. The van der Waals surface area contributed by atoms with E-state index in [-0.39, 0.29) is 5.82 Å². The van der Waals surface area contributed by atoms with Crippen LogP contribution in [0.2, 0.25) is 0 Å². The number of nitrogens with one attached hydrogen (secondary N) is 1. The van der Waals surface area contributed by atoms with E-state index in [2.05, 4.69) is 4.98 Å². The topological polar surface area (TPSA) is 150 Å². The number of aryl methyl sites for hydroxylation is 1. The molecule has 0 aliphatic carbocycles. The van der Waals surface area contributed by atoms with Gasteiger partial charge in [0.15, 0.2) is 5.58 Å². The summed E-state index contributed by atoms with van der Waals surface area (Å²) in [7, 11) is -4.94. The van der Waals surface area contributed by atoms with Gasteiger partial charge in [0.1, 0.15) is 10.7 Å². The summed E-state index contributed by atoms with van der Waals surface area (Å²) >= 11 is 1.46. The summed E-state index contributed by atoms with van der Waals surface area (Å²) in [6.07, 6.45) is 0. The van der Waals surface area contributed by atoms with Crippen LogP contribution >= 0.6 is 11.3 Å². The third-order valence-electron chi connectivity index (χ3n) is 4.19. The molecule has 154 valence electrons. The first-order valence-corrected chi connectivity index (χ1v) is 10.3. The molecule has 0 saturated carbocycles. The molecular weight excluding hydrogens is 441 g/mol. The molecule has 0 amide bonds. The van der Waals surface area contributed by atoms with Gasteiger partial charge in [-0.1, -0.05) is 6.07 Å². The van der Waals surface area contributed by atoms with E-state index in [0.717, 1.165) is 26.1 Å². The third kappa shape index (κ3) is 4.19. The highest BCUT2D eigenvalue weighted by atomic mass is 35.7. The molecule has 0 unspecified atom stereocenters. The fourth-order valence-electron chi connectivity index (χ4n) is 3.11. The van der Waals surface area contributed by atoms with E-state index in [1.165, 1.54) is 17.4 Å². The second kappa shape index (κ2) is 7.43. The minimum absolute atomic E-state index is 0.254. The van der Waals surface area contributed by atoms with Gasteiger partial charge in [-0.25, -0.2) is 32.2 Å². The number of aromatic amines is 1. The molecule has 0 radical (unpaired) electrons. The molecule has 0 saturated heterocycles. The van der Waals surface area contributed by atoms with Gasteiger partial charge < -0.3 is 4.42 Å². The van der Waals surface area contributed by atoms with Gasteiger partial charge in [0.05, 0.1) is 17.8 Å². The van der Waals surface area contributed by atoms with Gasteiger partial charge in [-0.05, 0) is 24.3 Å². The quantitative estimate of drug-likeness (QED) is 0.369. The molecule has 3 heterocycles. The minimum Gasteiger partial charge on any atom is -0.408 e. The summed E-state index contributed by atoms with van der Waals surface area (Å²) in [6.45, 7) is 1.86. The predicted molar refractivity (Wildman–Crippen MR) is 96.5 cm³/mol. The highest BCUT2D eigenvalue weighted by Crippen LogP contribution is 2.39. The molecule has 0 fully saturated rings. The number of H-pyrrole nitrogens is 1. The molecular formula is C19H11ClFNO7S. The number of halogens is 2. The van der Waals surface area contributed by atoms with Gasteiger partial charge in [-0.3, -0.25) is 4.98 Å². The maximum Gasteiger partial charge on any atom is 0.417 e. The summed E-state index contributed by atoms with van der Waals surface area (Å²) in [5.41, 5.74) is 1.10. The molecule has 0 atom stereocenters. The van der Waals surface area contributed by atoms with Crippen LogP contribution < -0.4 is 24.4 Å². The van der Waals surface area contributed by atoms with Crippen molar-refractivity contribution >= 4 is 43.3 Å². The number of aromatic nitrogens is 1. The molecule has 0 aliphatic rings. The molecule has 0 aliphatic heterocycles. The second-order valence-corrected chi connectivity index (χ2v) is 8.12. The van der Waals surface area contributed by atoms with Crippen LogP contribution in [-0.2, 0) is 0 Å². The normalized spacial score (nSPS) is 11.8. The van der Waals surface area contributed by atoms with Crippen LogP contribution in [0.3, 0.4) is 0 Å². The highest BCUT2D eigenvalue weighted by molar-refractivity contribution is 7.22. The Balaban J connectivity index is 0.000000393. The third-order valence-corrected chi connectivity index (χ3v) is 5.29. The lowest BCUT2D eigenvalue weighted by Gasteiger charge is -2.17. The van der Waals surface area contributed by atoms with E-state index in [1.807, 2.05) is 25.1 Å². The van der Waals surface area contributed by atoms with E-state index in [0.29, 0.717) is 22.2 Å². The van der Waals surface area contributed by atoms with Crippen LogP contribution in [-0.4, -0.2) is 4.98 Å². The van der Waals surface area contributed by atoms with Crippen LogP contribution in [0.1, 0.15) is 5.76 Å². The average molecular weight is 452 g/mol. The summed E-state index contributed by atoms with van der Waals surface area (Å²) in [4.78, 5) is 14.9. The van der Waals surface area contributed by atoms with Gasteiger partial charge in [-0.2, -0.15) is 0 Å². The Kier molecular flexibility index (Phi) is 5.06. The summed E-state index contributed by atoms with van der Waals surface area (Å²) in [5.74, 6) is 0.618. The Morgan fingerprint density at radius 2 is 1.83 bits per heavy atom. The summed E-state index contributed by atoms with van der Waals surface area (Å²) in [6, 6.07) is 12.4. The van der Waals surface area contributed by atoms with Crippen molar-refractivity contribution in [1.29, 1.82) is 0 Å². The van der Waals surface area contributed by atoms with Crippen LogP contribution in [0.4, 0.5) is 4.39 Å². The van der Waals surface area contributed by atoms with Gasteiger partial charge in [0.25, 0.3) is 0 Å². The number of benzene rings is 2. The smallest absolute Gasteiger partial charge is 0.408 e. The van der Waals surface area contributed by atoms with Crippen molar-refractivity contribution in [3.63, 3.8) is 0 Å². The zero-order chi connectivity index (χ0) is 21.6. The largest absolute Gasteiger partial charge is 0.417 e. The van der Waals surface area contributed by atoms with Crippen molar-refractivity contribution in [2.45, 2.75) is 6.92 Å². The number of oxazole rings is 1. The Morgan fingerprint density at radius 1 is 1.10 bits per heavy atom. The van der Waals surface area contributed by atoms with E-state index in [1.54, 1.807) is 18.2 Å². The van der Waals surface area contributed by atoms with Gasteiger partial charge in [-0.15, -0.1) is 21.6 Å². The summed E-state index contributed by atoms with van der Waals surface area (Å²) in [5, 5.41) is 2.30. The Labute approximate surface area is 172 Å². The summed E-state index contributed by atoms with van der Waals surface area (Å²) < 4.78 is 60.0. The van der Waals surface area contributed by atoms with Gasteiger partial charge >= 0.3 is 17.3 Å². The first kappa shape index (κ1) is 20.4. The van der Waals surface area contributed by atoms with E-state index in [9.17, 15) is 9.18 Å². The molecule has 5 rings (SSSR count). The van der Waals surface area contributed by atoms with Crippen LogP contribution in [0.5, 0.6) is 0 Å². The van der Waals surface area contributed by atoms with Crippen LogP contribution in [0.15, 0.2) is 56.1 Å². The zero-order valence-electron chi connectivity index (χ0n) is 15.1. The van der Waals surface area contributed by atoms with E-state index >= 15 is 0 Å². The van der Waals surface area contributed by atoms with E-state index in [4.69, 9.17) is 27.5 Å². The zero-order valence-corrected chi connectivity index (χ0v) is 16.6. The standard InChI is InChI=1S/C19H10FNO3S.ClHO4/c1-9-5-10-6-14-15(24-19(22)21-14)7-11(10)18(23-9)17-8-12-13(20)3-2-4-16(12)25-17;2-1(3,4)5/h2-8H,1H3;(H,2,3,4,5). The maximum atomic E-state index is 14.0. The lowest BCUT2D eigenvalue weighted by atomic mass is 10.1. The molecule has 8 nitrogen and oxygen atoms in total. The first-order valence-electron chi connectivity index (χ1n) is 8.29. The van der Waals surface area contributed by atoms with Crippen molar-refractivity contribution in [3.05, 3.63) is 64.6 Å². The van der Waals surface area contributed by atoms with Crippen molar-refractivity contribution in [1.82, 2.24) is 4.98 Å². The molecule has 3 aromatic heterocycles. The molecule has 5 aromatic rings. The maximum absolute atomic E-state index is 14.0. The van der Waals surface area contributed by atoms with Gasteiger partial charge in [0.2, 0.25) is 0 Å². The Hall–Kier alpha value is -2.86. The number of rotatable bonds is 1. The van der Waals surface area contributed by atoms with Crippen molar-refractivity contribution in [2.75, 3.05) is 0 Å². The second-order valence-electron chi connectivity index (χ2n) is 6.28. The molecule has 0 spiro atoms. The van der Waals surface area contributed by atoms with Crippen molar-refractivity contribution < 1.29 is 42.1 Å². The monoisotopic (exact) mass is 451 g/mol. The predicted octanol–water partition coefficient (Wildman–Crippen LogP) is 0.722. The van der Waals surface area contributed by atoms with Crippen LogP contribution in [0.25, 0.3) is 42.6 Å². The fraction of sp³-hybridized carbons (Fsp3) is 0.0526. The van der Waals surface area contributed by atoms with E-state index < -0.39 is 16.0 Å². The number of fused-ring (bicyclic) bond motifs is 3. The Morgan fingerprint density at radius 3 is 2.53 bits per heavy atom. The van der Waals surface area contributed by atoms with Crippen molar-refractivity contribution in [2.24, 2.45) is 0 Å². The number of hydrogen-bond donors (Lipinski definition) is 1. The molecule has 2 aromatic carbocycles. The Bertz CT molecular complexity index is 1440.